The zero-order chi connectivity index (χ0) is 14.8. The number of halogens is 2. The highest BCUT2D eigenvalue weighted by Crippen LogP contribution is 2.34. The molecule has 0 bridgehead atoms. The van der Waals surface area contributed by atoms with Gasteiger partial charge >= 0.3 is 5.69 Å². The van der Waals surface area contributed by atoms with Crippen molar-refractivity contribution >= 4 is 25.4 Å². The van der Waals surface area contributed by atoms with Crippen LogP contribution in [0.4, 0.5) is 10.1 Å². The van der Waals surface area contributed by atoms with Gasteiger partial charge in [-0.3, -0.25) is 10.1 Å². The normalized spacial score (nSPS) is 13.1. The molecule has 1 aromatic carbocycles. The lowest BCUT2D eigenvalue weighted by molar-refractivity contribution is -0.386. The number of nitro benzene ring substituents is 1. The van der Waals surface area contributed by atoms with Crippen molar-refractivity contribution < 1.29 is 22.5 Å². The van der Waals surface area contributed by atoms with Gasteiger partial charge in [-0.15, -0.1) is 0 Å². The summed E-state index contributed by atoms with van der Waals surface area (Å²) in [5, 5.41) is 10.8. The van der Waals surface area contributed by atoms with Crippen LogP contribution < -0.4 is 4.74 Å². The topological polar surface area (TPSA) is 86.5 Å². The first-order chi connectivity index (χ1) is 8.66. The van der Waals surface area contributed by atoms with E-state index in [0.717, 1.165) is 0 Å². The first-order valence-corrected chi connectivity index (χ1v) is 7.57. The molecule has 0 spiro atoms. The van der Waals surface area contributed by atoms with Crippen molar-refractivity contribution in [3.05, 3.63) is 28.1 Å². The number of nitrogens with zero attached hydrogens (tertiary/aromatic N) is 1. The molecule has 1 atom stereocenters. The number of rotatable bonds is 5. The highest BCUT2D eigenvalue weighted by atomic mass is 35.7. The molecule has 0 aromatic heterocycles. The molecule has 0 saturated carbocycles. The lowest BCUT2D eigenvalue weighted by atomic mass is 10.2. The molecule has 1 rings (SSSR count). The molecule has 0 radical (unpaired) electrons. The van der Waals surface area contributed by atoms with Gasteiger partial charge in [0.15, 0.2) is 5.75 Å². The van der Waals surface area contributed by atoms with Gasteiger partial charge in [0.2, 0.25) is 0 Å². The average Bonchev–Trinajstić information content (AvgIpc) is 2.26. The Morgan fingerprint density at radius 1 is 1.53 bits per heavy atom. The predicted molar refractivity (Wildman–Crippen MR) is 66.5 cm³/mol. The fraction of sp³-hybridized carbons (Fsp3) is 0.400. The molecule has 0 fully saturated rings. The fourth-order valence-electron chi connectivity index (χ4n) is 1.25. The van der Waals surface area contributed by atoms with E-state index in [1.807, 2.05) is 0 Å². The molecule has 0 aliphatic carbocycles. The molecule has 1 unspecified atom stereocenters. The Morgan fingerprint density at radius 2 is 2.11 bits per heavy atom. The maximum atomic E-state index is 13.6. The van der Waals surface area contributed by atoms with Gasteiger partial charge in [0.05, 0.1) is 11.0 Å². The van der Waals surface area contributed by atoms with Gasteiger partial charge in [0.25, 0.3) is 9.05 Å². The molecule has 0 aliphatic rings. The molecule has 9 heteroatoms. The SMILES string of the molecule is CCC(C)Oc1cc(F)c(S(=O)(=O)Cl)cc1[N+](=O)[O-]. The summed E-state index contributed by atoms with van der Waals surface area (Å²) >= 11 is 0. The monoisotopic (exact) mass is 311 g/mol. The summed E-state index contributed by atoms with van der Waals surface area (Å²) in [6.07, 6.45) is 0.172. The van der Waals surface area contributed by atoms with E-state index in [2.05, 4.69) is 0 Å². The smallest absolute Gasteiger partial charge is 0.312 e. The molecule has 106 valence electrons. The second-order valence-electron chi connectivity index (χ2n) is 3.78. The second kappa shape index (κ2) is 5.70. The molecular weight excluding hydrogens is 301 g/mol. The molecule has 0 saturated heterocycles. The van der Waals surface area contributed by atoms with E-state index in [1.165, 1.54) is 0 Å². The van der Waals surface area contributed by atoms with Gasteiger partial charge < -0.3 is 4.74 Å². The summed E-state index contributed by atoms with van der Waals surface area (Å²) in [7, 11) is 0.592. The maximum absolute atomic E-state index is 13.6. The van der Waals surface area contributed by atoms with Crippen molar-refractivity contribution in [1.82, 2.24) is 0 Å². The van der Waals surface area contributed by atoms with E-state index >= 15 is 0 Å². The van der Waals surface area contributed by atoms with Gasteiger partial charge in [-0.05, 0) is 13.3 Å². The van der Waals surface area contributed by atoms with Gasteiger partial charge in [-0.25, -0.2) is 12.8 Å². The van der Waals surface area contributed by atoms with E-state index in [9.17, 15) is 22.9 Å². The quantitative estimate of drug-likeness (QED) is 0.474. The Hall–Kier alpha value is -1.41. The van der Waals surface area contributed by atoms with Crippen LogP contribution >= 0.6 is 10.7 Å². The Kier molecular flexibility index (Phi) is 4.70. The Morgan fingerprint density at radius 3 is 2.53 bits per heavy atom. The lowest BCUT2D eigenvalue weighted by Gasteiger charge is -2.13. The van der Waals surface area contributed by atoms with Gasteiger partial charge in [-0.1, -0.05) is 6.92 Å². The van der Waals surface area contributed by atoms with Crippen molar-refractivity contribution in [3.8, 4) is 5.75 Å². The van der Waals surface area contributed by atoms with Crippen LogP contribution in [0.1, 0.15) is 20.3 Å². The minimum absolute atomic E-state index is 0.332. The largest absolute Gasteiger partial charge is 0.484 e. The van der Waals surface area contributed by atoms with E-state index in [4.69, 9.17) is 15.4 Å². The van der Waals surface area contributed by atoms with Crippen LogP contribution in [-0.4, -0.2) is 19.4 Å². The minimum atomic E-state index is -4.40. The van der Waals surface area contributed by atoms with Crippen LogP contribution in [-0.2, 0) is 9.05 Å². The first kappa shape index (κ1) is 15.6. The Balaban J connectivity index is 3.42. The number of benzene rings is 1. The van der Waals surface area contributed by atoms with Crippen LogP contribution in [0.15, 0.2) is 17.0 Å². The van der Waals surface area contributed by atoms with Crippen molar-refractivity contribution in [3.63, 3.8) is 0 Å². The average molecular weight is 312 g/mol. The van der Waals surface area contributed by atoms with Crippen molar-refractivity contribution in [2.24, 2.45) is 0 Å². The third-order valence-electron chi connectivity index (χ3n) is 2.38. The van der Waals surface area contributed by atoms with Crippen LogP contribution in [0.3, 0.4) is 0 Å². The molecule has 0 aliphatic heterocycles. The fourth-order valence-corrected chi connectivity index (χ4v) is 2.15. The van der Waals surface area contributed by atoms with Crippen LogP contribution in [0, 0.1) is 15.9 Å². The summed E-state index contributed by atoms with van der Waals surface area (Å²) in [6, 6.07) is 1.20. The Bertz CT molecular complexity index is 604. The molecule has 6 nitrogen and oxygen atoms in total. The number of nitro groups is 1. The molecular formula is C10H11ClFNO5S. The highest BCUT2D eigenvalue weighted by molar-refractivity contribution is 8.13. The zero-order valence-electron chi connectivity index (χ0n) is 10.1. The van der Waals surface area contributed by atoms with Crippen molar-refractivity contribution in [1.29, 1.82) is 0 Å². The van der Waals surface area contributed by atoms with Gasteiger partial charge in [0, 0.05) is 22.8 Å². The third-order valence-corrected chi connectivity index (χ3v) is 3.71. The second-order valence-corrected chi connectivity index (χ2v) is 6.32. The van der Waals surface area contributed by atoms with Crippen molar-refractivity contribution in [2.45, 2.75) is 31.3 Å². The van der Waals surface area contributed by atoms with Crippen LogP contribution in [0.5, 0.6) is 5.75 Å². The Labute approximate surface area is 113 Å². The van der Waals surface area contributed by atoms with E-state index in [0.29, 0.717) is 18.6 Å². The number of hydrogen-bond donors (Lipinski definition) is 0. The summed E-state index contributed by atoms with van der Waals surface area (Å²) in [6.45, 7) is 3.43. The van der Waals surface area contributed by atoms with Gasteiger partial charge in [0.1, 0.15) is 10.7 Å². The summed E-state index contributed by atoms with van der Waals surface area (Å²) in [5.41, 5.74) is -0.652. The van der Waals surface area contributed by atoms with E-state index in [-0.39, 0.29) is 11.9 Å². The number of ether oxygens (including phenoxy) is 1. The van der Waals surface area contributed by atoms with Crippen LogP contribution in [0.2, 0.25) is 0 Å². The summed E-state index contributed by atoms with van der Waals surface area (Å²) in [4.78, 5) is 9.04. The molecule has 19 heavy (non-hydrogen) atoms. The minimum Gasteiger partial charge on any atom is -0.484 e. The zero-order valence-corrected chi connectivity index (χ0v) is 11.7. The summed E-state index contributed by atoms with van der Waals surface area (Å²) < 4.78 is 40.9. The van der Waals surface area contributed by atoms with Crippen molar-refractivity contribution in [2.75, 3.05) is 0 Å². The third kappa shape index (κ3) is 3.77. The molecule has 0 amide bonds. The molecule has 1 aromatic rings. The summed E-state index contributed by atoms with van der Waals surface area (Å²) in [5.74, 6) is -1.53. The maximum Gasteiger partial charge on any atom is 0.312 e. The predicted octanol–water partition coefficient (Wildman–Crippen LogP) is 2.84. The van der Waals surface area contributed by atoms with Gasteiger partial charge in [-0.2, -0.15) is 0 Å². The van der Waals surface area contributed by atoms with E-state index in [1.54, 1.807) is 13.8 Å². The molecule has 0 heterocycles. The molecule has 0 N–H and O–H groups in total. The lowest BCUT2D eigenvalue weighted by Crippen LogP contribution is -2.12. The first-order valence-electron chi connectivity index (χ1n) is 5.26. The highest BCUT2D eigenvalue weighted by Gasteiger charge is 2.26. The standard InChI is InChI=1S/C10H11ClFNO5S/c1-3-6(2)18-9-4-7(12)10(19(11,16)17)5-8(9)13(14)15/h4-6H,3H2,1-2H3. The van der Waals surface area contributed by atoms with Crippen LogP contribution in [0.25, 0.3) is 0 Å². The number of hydrogen-bond acceptors (Lipinski definition) is 5. The van der Waals surface area contributed by atoms with E-state index < -0.39 is 30.4 Å².